The van der Waals surface area contributed by atoms with Gasteiger partial charge >= 0.3 is 0 Å². The highest BCUT2D eigenvalue weighted by atomic mass is 79.9. The Labute approximate surface area is 125 Å². The number of aromatic nitrogens is 2. The van der Waals surface area contributed by atoms with E-state index in [9.17, 15) is 0 Å². The van der Waals surface area contributed by atoms with Crippen LogP contribution in [0, 0.1) is 6.92 Å². The van der Waals surface area contributed by atoms with Crippen molar-refractivity contribution in [2.75, 3.05) is 25.2 Å². The second kappa shape index (κ2) is 7.90. The molecule has 110 valence electrons. The Kier molecular flexibility index (Phi) is 6.86. The number of ether oxygens (including phenoxy) is 1. The number of anilines is 1. The van der Waals surface area contributed by atoms with E-state index in [1.807, 2.05) is 11.7 Å². The minimum Gasteiger partial charge on any atom is -0.383 e. The maximum Gasteiger partial charge on any atom is 0.131 e. The lowest BCUT2D eigenvalue weighted by molar-refractivity contribution is 0.202. The number of nitrogens with zero attached hydrogens (tertiary/aromatic N) is 3. The van der Waals surface area contributed by atoms with E-state index in [4.69, 9.17) is 4.74 Å². The monoisotopic (exact) mass is 331 g/mol. The van der Waals surface area contributed by atoms with Crippen molar-refractivity contribution in [2.24, 2.45) is 7.05 Å². The van der Waals surface area contributed by atoms with Crippen LogP contribution in [0.15, 0.2) is 0 Å². The summed E-state index contributed by atoms with van der Waals surface area (Å²) in [5.41, 5.74) is 2.38. The lowest BCUT2D eigenvalue weighted by atomic mass is 10.1. The molecule has 0 radical (unpaired) electrons. The molecule has 0 aromatic carbocycles. The van der Waals surface area contributed by atoms with Gasteiger partial charge in [-0.25, -0.2) is 0 Å². The first-order chi connectivity index (χ1) is 9.10. The van der Waals surface area contributed by atoms with Crippen LogP contribution in [0.1, 0.15) is 37.9 Å². The Morgan fingerprint density at radius 3 is 2.47 bits per heavy atom. The Hall–Kier alpha value is -0.550. The quantitative estimate of drug-likeness (QED) is 0.685. The van der Waals surface area contributed by atoms with Crippen molar-refractivity contribution in [3.8, 4) is 0 Å². The maximum atomic E-state index is 5.27. The minimum absolute atomic E-state index is 0.530. The fraction of sp³-hybridized carbons (Fsp3) is 0.786. The molecule has 4 nitrogen and oxygen atoms in total. The third-order valence-electron chi connectivity index (χ3n) is 3.64. The molecule has 1 heterocycles. The molecule has 0 fully saturated rings. The lowest BCUT2D eigenvalue weighted by Gasteiger charge is -2.33. The van der Waals surface area contributed by atoms with Crippen molar-refractivity contribution in [3.05, 3.63) is 11.3 Å². The summed E-state index contributed by atoms with van der Waals surface area (Å²) in [5.74, 6) is 1.22. The number of aryl methyl sites for hydroxylation is 2. The highest BCUT2D eigenvalue weighted by Gasteiger charge is 2.23. The van der Waals surface area contributed by atoms with Gasteiger partial charge in [0.15, 0.2) is 0 Å². The summed E-state index contributed by atoms with van der Waals surface area (Å²) >= 11 is 3.59. The predicted molar refractivity (Wildman–Crippen MR) is 84.2 cm³/mol. The van der Waals surface area contributed by atoms with Crippen molar-refractivity contribution in [3.63, 3.8) is 0 Å². The van der Waals surface area contributed by atoms with Crippen molar-refractivity contribution in [1.29, 1.82) is 0 Å². The first-order valence-electron chi connectivity index (χ1n) is 6.94. The number of hydrogen-bond acceptors (Lipinski definition) is 3. The fourth-order valence-corrected chi connectivity index (χ4v) is 3.24. The van der Waals surface area contributed by atoms with Gasteiger partial charge in [0.2, 0.25) is 0 Å². The smallest absolute Gasteiger partial charge is 0.131 e. The molecule has 0 saturated heterocycles. The zero-order valence-corrected chi connectivity index (χ0v) is 14.3. The Bertz CT molecular complexity index is 388. The molecule has 0 bridgehead atoms. The van der Waals surface area contributed by atoms with E-state index < -0.39 is 0 Å². The Morgan fingerprint density at radius 2 is 2.00 bits per heavy atom. The van der Waals surface area contributed by atoms with Gasteiger partial charge in [-0.15, -0.1) is 0 Å². The minimum atomic E-state index is 0.530. The molecule has 1 aromatic heterocycles. The molecule has 0 amide bonds. The third-order valence-corrected chi connectivity index (χ3v) is 4.20. The van der Waals surface area contributed by atoms with Crippen LogP contribution >= 0.6 is 15.9 Å². The van der Waals surface area contributed by atoms with Gasteiger partial charge in [0.25, 0.3) is 0 Å². The van der Waals surface area contributed by atoms with Crippen molar-refractivity contribution < 1.29 is 4.74 Å². The first kappa shape index (κ1) is 16.5. The maximum absolute atomic E-state index is 5.27. The molecule has 19 heavy (non-hydrogen) atoms. The van der Waals surface area contributed by atoms with E-state index in [0.717, 1.165) is 37.0 Å². The van der Waals surface area contributed by atoms with Crippen LogP contribution < -0.4 is 4.90 Å². The molecule has 0 atom stereocenters. The van der Waals surface area contributed by atoms with E-state index in [1.54, 1.807) is 7.11 Å². The van der Waals surface area contributed by atoms with Gasteiger partial charge in [0, 0.05) is 37.6 Å². The molecule has 0 aliphatic rings. The average Bonchev–Trinajstić information content (AvgIpc) is 2.68. The van der Waals surface area contributed by atoms with E-state index in [2.05, 4.69) is 46.7 Å². The highest BCUT2D eigenvalue weighted by molar-refractivity contribution is 9.08. The molecule has 0 aliphatic heterocycles. The molecular weight excluding hydrogens is 306 g/mol. The van der Waals surface area contributed by atoms with E-state index >= 15 is 0 Å². The zero-order valence-electron chi connectivity index (χ0n) is 12.7. The molecule has 0 N–H and O–H groups in total. The SMILES string of the molecule is CCC(CC)N(CCOC)c1c(CBr)c(C)nn1C. The van der Waals surface area contributed by atoms with Crippen LogP contribution in [0.2, 0.25) is 0 Å². The van der Waals surface area contributed by atoms with Gasteiger partial charge in [-0.1, -0.05) is 29.8 Å². The molecule has 0 unspecified atom stereocenters. The average molecular weight is 332 g/mol. The molecule has 0 aliphatic carbocycles. The van der Waals surface area contributed by atoms with E-state index in [-0.39, 0.29) is 0 Å². The predicted octanol–water partition coefficient (Wildman–Crippen LogP) is 3.26. The topological polar surface area (TPSA) is 30.3 Å². The largest absolute Gasteiger partial charge is 0.383 e. The van der Waals surface area contributed by atoms with E-state index in [0.29, 0.717) is 6.04 Å². The summed E-state index contributed by atoms with van der Waals surface area (Å²) in [7, 11) is 3.78. The standard InChI is InChI=1S/C14H26BrN3O/c1-6-12(7-2)18(8-9-19-5)14-13(10-15)11(3)16-17(14)4/h12H,6-10H2,1-5H3. The summed E-state index contributed by atoms with van der Waals surface area (Å²) in [6, 6.07) is 0.530. The highest BCUT2D eigenvalue weighted by Crippen LogP contribution is 2.28. The van der Waals surface area contributed by atoms with Gasteiger partial charge in [-0.3, -0.25) is 4.68 Å². The van der Waals surface area contributed by atoms with Crippen molar-refractivity contribution in [2.45, 2.75) is 45.0 Å². The van der Waals surface area contributed by atoms with Gasteiger partial charge in [-0.05, 0) is 19.8 Å². The lowest BCUT2D eigenvalue weighted by Crippen LogP contribution is -2.38. The number of rotatable bonds is 8. The Morgan fingerprint density at radius 1 is 1.37 bits per heavy atom. The molecule has 0 saturated carbocycles. The number of alkyl halides is 1. The van der Waals surface area contributed by atoms with Gasteiger partial charge < -0.3 is 9.64 Å². The van der Waals surface area contributed by atoms with Crippen LogP contribution in [0.5, 0.6) is 0 Å². The molecule has 1 rings (SSSR count). The van der Waals surface area contributed by atoms with Crippen molar-refractivity contribution >= 4 is 21.7 Å². The summed E-state index contributed by atoms with van der Waals surface area (Å²) < 4.78 is 7.27. The summed E-state index contributed by atoms with van der Waals surface area (Å²) in [5, 5.41) is 5.40. The van der Waals surface area contributed by atoms with Gasteiger partial charge in [0.1, 0.15) is 5.82 Å². The second-order valence-electron chi connectivity index (χ2n) is 4.80. The van der Waals surface area contributed by atoms with Crippen LogP contribution in [-0.2, 0) is 17.1 Å². The van der Waals surface area contributed by atoms with Crippen LogP contribution in [0.4, 0.5) is 5.82 Å². The second-order valence-corrected chi connectivity index (χ2v) is 5.36. The fourth-order valence-electron chi connectivity index (χ4n) is 2.59. The van der Waals surface area contributed by atoms with Crippen LogP contribution in [0.25, 0.3) is 0 Å². The van der Waals surface area contributed by atoms with Crippen LogP contribution in [-0.4, -0.2) is 36.1 Å². The molecular formula is C14H26BrN3O. The zero-order chi connectivity index (χ0) is 14.4. The van der Waals surface area contributed by atoms with E-state index in [1.165, 1.54) is 11.4 Å². The number of halogens is 1. The van der Waals surface area contributed by atoms with Crippen LogP contribution in [0.3, 0.4) is 0 Å². The summed E-state index contributed by atoms with van der Waals surface area (Å²) in [6.45, 7) is 8.20. The summed E-state index contributed by atoms with van der Waals surface area (Å²) in [6.07, 6.45) is 2.26. The third kappa shape index (κ3) is 3.72. The molecule has 1 aromatic rings. The van der Waals surface area contributed by atoms with Gasteiger partial charge in [0.05, 0.1) is 12.3 Å². The molecule has 5 heteroatoms. The first-order valence-corrected chi connectivity index (χ1v) is 8.06. The Balaban J connectivity index is 3.15. The number of hydrogen-bond donors (Lipinski definition) is 0. The van der Waals surface area contributed by atoms with Crippen molar-refractivity contribution in [1.82, 2.24) is 9.78 Å². The summed E-state index contributed by atoms with van der Waals surface area (Å²) in [4.78, 5) is 2.44. The molecule has 0 spiro atoms. The normalized spacial score (nSPS) is 11.3. The van der Waals surface area contributed by atoms with Gasteiger partial charge in [-0.2, -0.15) is 5.10 Å². The number of methoxy groups -OCH3 is 1.